The molecule has 9 heteroatoms. The van der Waals surface area contributed by atoms with Crippen LogP contribution in [0.1, 0.15) is 53.4 Å². The van der Waals surface area contributed by atoms with E-state index in [1.807, 2.05) is 27.7 Å². The molecule has 0 aliphatic carbocycles. The van der Waals surface area contributed by atoms with E-state index in [9.17, 15) is 18.0 Å². The molecule has 0 spiro atoms. The summed E-state index contributed by atoms with van der Waals surface area (Å²) in [4.78, 5) is 24.1. The average molecular weight is 505 g/mol. The normalized spacial score (nSPS) is 12.9. The Labute approximate surface area is 208 Å². The number of amides is 2. The Bertz CT molecular complexity index is 973. The lowest BCUT2D eigenvalue weighted by molar-refractivity contribution is -0.124. The molecule has 2 atom stereocenters. The summed E-state index contributed by atoms with van der Waals surface area (Å²) in [5.41, 5.74) is 0. The van der Waals surface area contributed by atoms with E-state index in [0.29, 0.717) is 11.5 Å². The van der Waals surface area contributed by atoms with Crippen molar-refractivity contribution in [2.45, 2.75) is 75.3 Å². The second-order valence-corrected chi connectivity index (χ2v) is 10.5. The molecule has 0 aliphatic heterocycles. The van der Waals surface area contributed by atoms with Crippen molar-refractivity contribution in [2.75, 3.05) is 13.2 Å². The molecule has 0 fully saturated rings. The van der Waals surface area contributed by atoms with E-state index < -0.39 is 9.84 Å². The molecule has 0 unspecified atom stereocenters. The minimum atomic E-state index is -3.75. The summed E-state index contributed by atoms with van der Waals surface area (Å²) in [5, 5.41) is 5.70. The van der Waals surface area contributed by atoms with Crippen LogP contribution in [-0.2, 0) is 19.4 Å². The first-order valence-corrected chi connectivity index (χ1v) is 13.4. The third-order valence-corrected chi connectivity index (χ3v) is 7.05. The van der Waals surface area contributed by atoms with E-state index in [1.165, 1.54) is 48.5 Å². The Morgan fingerprint density at radius 3 is 1.37 bits per heavy atom. The fourth-order valence-corrected chi connectivity index (χ4v) is 4.77. The molecule has 8 nitrogen and oxygen atoms in total. The second-order valence-electron chi connectivity index (χ2n) is 8.54. The molecule has 192 valence electrons. The maximum Gasteiger partial charge on any atom is 0.258 e. The molecule has 0 aromatic heterocycles. The molecule has 0 saturated carbocycles. The maximum absolute atomic E-state index is 12.9. The molecule has 0 heterocycles. The molecule has 2 amide bonds. The lowest BCUT2D eigenvalue weighted by Gasteiger charge is -2.13. The molecule has 2 aromatic carbocycles. The molecular weight excluding hydrogens is 468 g/mol. The summed E-state index contributed by atoms with van der Waals surface area (Å²) in [5.74, 6) is 0.353. The predicted octanol–water partition coefficient (Wildman–Crippen LogP) is 3.89. The number of carbonyl (C=O) groups is 2. The third kappa shape index (κ3) is 9.24. The summed E-state index contributed by atoms with van der Waals surface area (Å²) in [6, 6.07) is 12.0. The Morgan fingerprint density at radius 1 is 0.714 bits per heavy atom. The first kappa shape index (κ1) is 28.2. The third-order valence-electron chi connectivity index (χ3n) is 5.27. The van der Waals surface area contributed by atoms with Crippen LogP contribution >= 0.6 is 0 Å². The van der Waals surface area contributed by atoms with Crippen LogP contribution < -0.4 is 20.1 Å². The molecular formula is C26H36N2O6S. The van der Waals surface area contributed by atoms with Gasteiger partial charge in [-0.1, -0.05) is 26.7 Å². The molecule has 0 saturated heterocycles. The van der Waals surface area contributed by atoms with E-state index in [1.54, 1.807) is 0 Å². The summed E-state index contributed by atoms with van der Waals surface area (Å²) in [7, 11) is -3.75. The van der Waals surface area contributed by atoms with E-state index >= 15 is 0 Å². The van der Waals surface area contributed by atoms with Crippen LogP contribution in [0.5, 0.6) is 11.5 Å². The molecule has 35 heavy (non-hydrogen) atoms. The van der Waals surface area contributed by atoms with E-state index in [-0.39, 0.29) is 46.9 Å². The summed E-state index contributed by atoms with van der Waals surface area (Å²) >= 11 is 0. The number of benzene rings is 2. The van der Waals surface area contributed by atoms with Gasteiger partial charge < -0.3 is 20.1 Å². The number of hydrogen-bond acceptors (Lipinski definition) is 6. The van der Waals surface area contributed by atoms with Gasteiger partial charge in [0.2, 0.25) is 9.84 Å². The van der Waals surface area contributed by atoms with Crippen LogP contribution in [0.25, 0.3) is 0 Å². The van der Waals surface area contributed by atoms with Gasteiger partial charge in [-0.3, -0.25) is 9.59 Å². The van der Waals surface area contributed by atoms with Crippen molar-refractivity contribution in [3.05, 3.63) is 48.5 Å². The largest absolute Gasteiger partial charge is 0.484 e. The quantitative estimate of drug-likeness (QED) is 0.404. The SMILES string of the molecule is CCC[C@H](C)NC(=O)COc1ccc(S(=O)(=O)c2ccc(OCC(=O)N[C@@H](C)CCC)cc2)cc1. The fraction of sp³-hybridized carbons (Fsp3) is 0.462. The van der Waals surface area contributed by atoms with Crippen LogP contribution in [0.2, 0.25) is 0 Å². The standard InChI is InChI=1S/C26H36N2O6S/c1-5-7-19(3)27-25(29)17-33-21-9-13-23(14-10-21)35(31,32)24-15-11-22(12-16-24)34-18-26(30)28-20(4)8-6-2/h9-16,19-20H,5-8,17-18H2,1-4H3,(H,27,29)(H,28,30)/t19-,20-/m0/s1. The van der Waals surface area contributed by atoms with Gasteiger partial charge in [0.1, 0.15) is 11.5 Å². The number of hydrogen-bond donors (Lipinski definition) is 2. The highest BCUT2D eigenvalue weighted by Gasteiger charge is 2.18. The van der Waals surface area contributed by atoms with Gasteiger partial charge in [0.25, 0.3) is 11.8 Å². The number of ether oxygens (including phenoxy) is 2. The zero-order valence-corrected chi connectivity index (χ0v) is 21.7. The Kier molecular flexibility index (Phi) is 11.0. The van der Waals surface area contributed by atoms with Gasteiger partial charge in [0.05, 0.1) is 9.79 Å². The lowest BCUT2D eigenvalue weighted by atomic mass is 10.2. The average Bonchev–Trinajstić information content (AvgIpc) is 2.82. The minimum absolute atomic E-state index is 0.0760. The number of sulfone groups is 1. The number of carbonyl (C=O) groups excluding carboxylic acids is 2. The molecule has 2 N–H and O–H groups in total. The zero-order valence-electron chi connectivity index (χ0n) is 20.9. The van der Waals surface area contributed by atoms with E-state index in [4.69, 9.17) is 9.47 Å². The van der Waals surface area contributed by atoms with Gasteiger partial charge in [-0.05, 0) is 75.2 Å². The molecule has 2 aromatic rings. The second kappa shape index (κ2) is 13.7. The highest BCUT2D eigenvalue weighted by atomic mass is 32.2. The van der Waals surface area contributed by atoms with Crippen molar-refractivity contribution < 1.29 is 27.5 Å². The monoisotopic (exact) mass is 504 g/mol. The van der Waals surface area contributed by atoms with Crippen molar-refractivity contribution in [3.63, 3.8) is 0 Å². The fourth-order valence-electron chi connectivity index (χ4n) is 3.51. The van der Waals surface area contributed by atoms with E-state index in [0.717, 1.165) is 25.7 Å². The van der Waals surface area contributed by atoms with Crippen LogP contribution in [0.3, 0.4) is 0 Å². The van der Waals surface area contributed by atoms with Crippen LogP contribution in [0.4, 0.5) is 0 Å². The van der Waals surface area contributed by atoms with Crippen molar-refractivity contribution in [1.29, 1.82) is 0 Å². The van der Waals surface area contributed by atoms with Crippen molar-refractivity contribution >= 4 is 21.7 Å². The predicted molar refractivity (Wildman–Crippen MR) is 134 cm³/mol. The Balaban J connectivity index is 1.92. The first-order valence-electron chi connectivity index (χ1n) is 11.9. The highest BCUT2D eigenvalue weighted by molar-refractivity contribution is 7.91. The van der Waals surface area contributed by atoms with Gasteiger partial charge in [-0.2, -0.15) is 0 Å². The Morgan fingerprint density at radius 2 is 1.06 bits per heavy atom. The Hall–Kier alpha value is -3.07. The smallest absolute Gasteiger partial charge is 0.258 e. The van der Waals surface area contributed by atoms with E-state index in [2.05, 4.69) is 10.6 Å². The molecule has 2 rings (SSSR count). The summed E-state index contributed by atoms with van der Waals surface area (Å²) in [6.45, 7) is 7.69. The molecule has 0 aliphatic rings. The highest BCUT2D eigenvalue weighted by Crippen LogP contribution is 2.25. The van der Waals surface area contributed by atoms with Crippen LogP contribution in [0.15, 0.2) is 58.3 Å². The lowest BCUT2D eigenvalue weighted by Crippen LogP contribution is -2.35. The van der Waals surface area contributed by atoms with Gasteiger partial charge in [0.15, 0.2) is 13.2 Å². The first-order chi connectivity index (χ1) is 16.6. The number of rotatable bonds is 14. The topological polar surface area (TPSA) is 111 Å². The van der Waals surface area contributed by atoms with Gasteiger partial charge in [0, 0.05) is 12.1 Å². The van der Waals surface area contributed by atoms with Crippen molar-refractivity contribution in [3.8, 4) is 11.5 Å². The minimum Gasteiger partial charge on any atom is -0.484 e. The summed E-state index contributed by atoms with van der Waals surface area (Å²) in [6.07, 6.45) is 3.73. The van der Waals surface area contributed by atoms with Gasteiger partial charge in [-0.15, -0.1) is 0 Å². The van der Waals surface area contributed by atoms with Crippen LogP contribution in [0, 0.1) is 0 Å². The van der Waals surface area contributed by atoms with Crippen molar-refractivity contribution in [1.82, 2.24) is 10.6 Å². The summed E-state index contributed by atoms with van der Waals surface area (Å²) < 4.78 is 36.8. The molecule has 0 bridgehead atoms. The van der Waals surface area contributed by atoms with Gasteiger partial charge in [-0.25, -0.2) is 8.42 Å². The van der Waals surface area contributed by atoms with Crippen LogP contribution in [-0.4, -0.2) is 45.5 Å². The van der Waals surface area contributed by atoms with Gasteiger partial charge >= 0.3 is 0 Å². The zero-order chi connectivity index (χ0) is 25.8. The molecule has 0 radical (unpaired) electrons. The maximum atomic E-state index is 12.9. The van der Waals surface area contributed by atoms with Crippen molar-refractivity contribution in [2.24, 2.45) is 0 Å². The number of nitrogens with one attached hydrogen (secondary N) is 2.